The summed E-state index contributed by atoms with van der Waals surface area (Å²) in [5, 5.41) is 0. The summed E-state index contributed by atoms with van der Waals surface area (Å²) in [6.45, 7) is 4.51. The Morgan fingerprint density at radius 2 is 0.961 bits per heavy atom. The second-order valence-corrected chi connectivity index (χ2v) is 15.3. The number of ether oxygens (including phenoxy) is 4. The molecule has 0 spiro atoms. The molecular weight excluding hydrogens is 784 g/mol. The van der Waals surface area contributed by atoms with Gasteiger partial charge in [-0.15, -0.1) is 0 Å². The van der Waals surface area contributed by atoms with Gasteiger partial charge in [0, 0.05) is 89.2 Å². The molecule has 280 valence electrons. The van der Waals surface area contributed by atoms with Crippen molar-refractivity contribution in [1.29, 1.82) is 0 Å². The lowest BCUT2D eigenvalue weighted by Gasteiger charge is -2.47. The summed E-state index contributed by atoms with van der Waals surface area (Å²) in [5.74, 6) is 0.0283. The standard InChI is InChI=1S/C39H52N2O8.2BrH/c1-26(42)46-34-10-5-8-28(18-34)24-40(3)30-14-15-31(40)21-36(20-30)48-38(44)12-7-13-39(45)49-37-22-32-16-17-33(23-37)41(32,4)25-29-9-6-11-35(19-29)47-27(2)43;;/h5-6,8-11,18-19,30-33,36-37H,7,12-17,20-25H2,1-4H3;2*1H/q+2;;/p-2. The first-order valence-electron chi connectivity index (χ1n) is 18.0. The van der Waals surface area contributed by atoms with Crippen molar-refractivity contribution < 1.29 is 81.1 Å². The lowest BCUT2D eigenvalue weighted by molar-refractivity contribution is -0.961. The van der Waals surface area contributed by atoms with E-state index < -0.39 is 0 Å². The van der Waals surface area contributed by atoms with E-state index in [0.29, 0.717) is 42.1 Å². The van der Waals surface area contributed by atoms with E-state index in [2.05, 4.69) is 26.2 Å². The van der Waals surface area contributed by atoms with E-state index in [1.54, 1.807) is 12.1 Å². The van der Waals surface area contributed by atoms with Crippen LogP contribution in [0.3, 0.4) is 0 Å². The molecule has 0 radical (unpaired) electrons. The predicted molar refractivity (Wildman–Crippen MR) is 181 cm³/mol. The Balaban J connectivity index is 0.00000292. The molecule has 0 aliphatic carbocycles. The molecule has 2 aromatic carbocycles. The largest absolute Gasteiger partial charge is 1.00 e. The fourth-order valence-corrected chi connectivity index (χ4v) is 9.50. The number of carbonyl (C=O) groups is 4. The van der Waals surface area contributed by atoms with Crippen LogP contribution in [0.2, 0.25) is 0 Å². The molecule has 4 fully saturated rings. The summed E-state index contributed by atoms with van der Waals surface area (Å²) in [7, 11) is 4.60. The maximum Gasteiger partial charge on any atom is 0.308 e. The van der Waals surface area contributed by atoms with Gasteiger partial charge in [0.2, 0.25) is 0 Å². The van der Waals surface area contributed by atoms with Gasteiger partial charge in [-0.05, 0) is 30.7 Å². The van der Waals surface area contributed by atoms with Crippen LogP contribution < -0.4 is 43.4 Å². The third-order valence-corrected chi connectivity index (χ3v) is 11.9. The zero-order chi connectivity index (χ0) is 34.8. The summed E-state index contributed by atoms with van der Waals surface area (Å²) >= 11 is 0. The number of benzene rings is 2. The monoisotopic (exact) mass is 834 g/mol. The van der Waals surface area contributed by atoms with Gasteiger partial charge in [0.25, 0.3) is 0 Å². The highest BCUT2D eigenvalue weighted by Gasteiger charge is 2.53. The molecule has 0 saturated carbocycles. The van der Waals surface area contributed by atoms with Crippen molar-refractivity contribution in [1.82, 2.24) is 0 Å². The first-order valence-corrected chi connectivity index (χ1v) is 18.0. The van der Waals surface area contributed by atoms with Gasteiger partial charge in [-0.25, -0.2) is 0 Å². The normalized spacial score (nSPS) is 30.3. The van der Waals surface area contributed by atoms with Crippen LogP contribution in [0.15, 0.2) is 48.5 Å². The first kappa shape index (κ1) is 41.0. The highest BCUT2D eigenvalue weighted by atomic mass is 79.9. The molecule has 4 aliphatic rings. The number of esters is 4. The molecular formula is C39H52Br2N2O8. The highest BCUT2D eigenvalue weighted by Crippen LogP contribution is 2.45. The van der Waals surface area contributed by atoms with Crippen molar-refractivity contribution in [2.24, 2.45) is 0 Å². The quantitative estimate of drug-likeness (QED) is 0.165. The average Bonchev–Trinajstić information content (AvgIpc) is 3.26. The van der Waals surface area contributed by atoms with Crippen LogP contribution in [0.1, 0.15) is 95.6 Å². The van der Waals surface area contributed by atoms with Crippen molar-refractivity contribution >= 4 is 23.9 Å². The zero-order valence-electron chi connectivity index (χ0n) is 30.2. The maximum atomic E-state index is 12.8. The molecule has 2 aromatic rings. The molecule has 51 heavy (non-hydrogen) atoms. The number of piperidine rings is 2. The van der Waals surface area contributed by atoms with Crippen LogP contribution in [0, 0.1) is 0 Å². The molecule has 0 aromatic heterocycles. The van der Waals surface area contributed by atoms with Crippen LogP contribution in [0.4, 0.5) is 0 Å². The Kier molecular flexibility index (Phi) is 13.9. The SMILES string of the molecule is CC(=O)Oc1cccc(C[N+]2(C)C3CCC2CC(OC(=O)CCCC(=O)OC2CC4CCC(C2)[N+]4(C)Cc2cccc(OC(C)=O)c2)C3)c1.[Br-].[Br-]. The number of hydrogen-bond acceptors (Lipinski definition) is 8. The Morgan fingerprint density at radius 1 is 0.608 bits per heavy atom. The molecule has 0 amide bonds. The van der Waals surface area contributed by atoms with E-state index in [-0.39, 0.29) is 82.9 Å². The van der Waals surface area contributed by atoms with Crippen molar-refractivity contribution in [3.05, 3.63) is 59.7 Å². The summed E-state index contributed by atoms with van der Waals surface area (Å²) in [5.41, 5.74) is 2.27. The lowest BCUT2D eigenvalue weighted by atomic mass is 9.95. The molecule has 4 aliphatic heterocycles. The van der Waals surface area contributed by atoms with Gasteiger partial charge >= 0.3 is 23.9 Å². The minimum atomic E-state index is -0.324. The van der Waals surface area contributed by atoms with Crippen molar-refractivity contribution in [3.8, 4) is 11.5 Å². The van der Waals surface area contributed by atoms with Crippen LogP contribution in [0.5, 0.6) is 11.5 Å². The number of fused-ring (bicyclic) bond motifs is 4. The minimum Gasteiger partial charge on any atom is -1.00 e. The Morgan fingerprint density at radius 3 is 1.29 bits per heavy atom. The third kappa shape index (κ3) is 9.80. The van der Waals surface area contributed by atoms with Crippen molar-refractivity contribution in [3.63, 3.8) is 0 Å². The highest BCUT2D eigenvalue weighted by molar-refractivity contribution is 5.73. The summed E-state index contributed by atoms with van der Waals surface area (Å²) in [6, 6.07) is 17.1. The summed E-state index contributed by atoms with van der Waals surface area (Å²) in [6.07, 6.45) is 8.44. The Labute approximate surface area is 322 Å². The molecule has 4 saturated heterocycles. The van der Waals surface area contributed by atoms with Gasteiger partial charge in [0.1, 0.15) is 36.8 Å². The molecule has 0 N–H and O–H groups in total. The predicted octanol–water partition coefficient (Wildman–Crippen LogP) is -0.218. The number of carbonyl (C=O) groups excluding carboxylic acids is 4. The number of hydrogen-bond donors (Lipinski definition) is 0. The van der Waals surface area contributed by atoms with Gasteiger partial charge < -0.3 is 61.9 Å². The number of rotatable bonds is 12. The second-order valence-electron chi connectivity index (χ2n) is 15.3. The minimum absolute atomic E-state index is 0. The van der Waals surface area contributed by atoms with Gasteiger partial charge in [-0.2, -0.15) is 0 Å². The van der Waals surface area contributed by atoms with Crippen molar-refractivity contribution in [2.75, 3.05) is 14.1 Å². The van der Waals surface area contributed by atoms with Crippen LogP contribution >= 0.6 is 0 Å². The fourth-order valence-electron chi connectivity index (χ4n) is 9.50. The van der Waals surface area contributed by atoms with Gasteiger partial charge in [0.05, 0.1) is 38.3 Å². The van der Waals surface area contributed by atoms with Gasteiger partial charge in [-0.1, -0.05) is 24.3 Å². The lowest BCUT2D eigenvalue weighted by Crippen LogP contribution is -3.00. The van der Waals surface area contributed by atoms with E-state index in [4.69, 9.17) is 18.9 Å². The van der Waals surface area contributed by atoms with E-state index in [1.807, 2.05) is 24.3 Å². The number of halogens is 2. The topological polar surface area (TPSA) is 105 Å². The van der Waals surface area contributed by atoms with Gasteiger partial charge in [0.15, 0.2) is 0 Å². The van der Waals surface area contributed by atoms with Crippen LogP contribution in [-0.2, 0) is 41.7 Å². The smallest absolute Gasteiger partial charge is 0.308 e. The molecule has 4 bridgehead atoms. The average molecular weight is 837 g/mol. The summed E-state index contributed by atoms with van der Waals surface area (Å²) < 4.78 is 24.3. The molecule has 4 atom stereocenters. The van der Waals surface area contributed by atoms with Crippen LogP contribution in [0.25, 0.3) is 0 Å². The first-order chi connectivity index (χ1) is 23.4. The van der Waals surface area contributed by atoms with Crippen LogP contribution in [-0.4, -0.2) is 83.3 Å². The third-order valence-electron chi connectivity index (χ3n) is 11.9. The molecule has 4 heterocycles. The molecule has 6 rings (SSSR count). The molecule has 10 nitrogen and oxygen atoms in total. The molecule has 12 heteroatoms. The fraction of sp³-hybridized carbons (Fsp3) is 0.590. The second kappa shape index (κ2) is 17.4. The maximum absolute atomic E-state index is 12.8. The van der Waals surface area contributed by atoms with E-state index in [1.165, 1.54) is 13.8 Å². The van der Waals surface area contributed by atoms with Crippen molar-refractivity contribution in [2.45, 2.75) is 134 Å². The number of quaternary nitrogens is 2. The van der Waals surface area contributed by atoms with Gasteiger partial charge in [-0.3, -0.25) is 19.2 Å². The van der Waals surface area contributed by atoms with E-state index in [9.17, 15) is 19.2 Å². The summed E-state index contributed by atoms with van der Waals surface area (Å²) in [4.78, 5) is 48.5. The van der Waals surface area contributed by atoms with E-state index in [0.717, 1.165) is 84.5 Å². The number of nitrogens with zero attached hydrogens (tertiary/aromatic N) is 2. The Hall–Kier alpha value is -2.80. The van der Waals surface area contributed by atoms with E-state index >= 15 is 0 Å². The Bertz CT molecular complexity index is 1430. The zero-order valence-corrected chi connectivity index (χ0v) is 33.4. The molecule has 4 unspecified atom stereocenters.